The number of pyridine rings is 1. The summed E-state index contributed by atoms with van der Waals surface area (Å²) in [6.45, 7) is 8.16. The molecule has 1 N–H and O–H groups in total. The van der Waals surface area contributed by atoms with Crippen LogP contribution in [0.2, 0.25) is 0 Å². The molecule has 0 aliphatic heterocycles. The van der Waals surface area contributed by atoms with Crippen molar-refractivity contribution in [3.8, 4) is 0 Å². The Labute approximate surface area is 114 Å². The number of rotatable bonds is 4. The Kier molecular flexibility index (Phi) is 5.15. The largest absolute Gasteiger partial charge is 0.347 e. The predicted octanol–water partition coefficient (Wildman–Crippen LogP) is 3.16. The zero-order chi connectivity index (χ0) is 13.8. The molecular formula is C14H21ClN2O. The van der Waals surface area contributed by atoms with Crippen LogP contribution in [0.5, 0.6) is 0 Å². The average Bonchev–Trinajstić information content (AvgIpc) is 2.27. The number of carbonyl (C=O) groups is 1. The molecule has 1 rings (SSSR count). The lowest BCUT2D eigenvalue weighted by molar-refractivity contribution is 0.0894. The summed E-state index contributed by atoms with van der Waals surface area (Å²) in [4.78, 5) is 16.3. The molecule has 1 aromatic heterocycles. The van der Waals surface area contributed by atoms with Gasteiger partial charge in [0.15, 0.2) is 0 Å². The second-order valence-corrected chi connectivity index (χ2v) is 5.92. The van der Waals surface area contributed by atoms with Crippen molar-refractivity contribution >= 4 is 17.5 Å². The number of nitrogens with zero attached hydrogens (tertiary/aromatic N) is 1. The minimum absolute atomic E-state index is 0.0206. The molecule has 0 aliphatic carbocycles. The van der Waals surface area contributed by atoms with Gasteiger partial charge in [0.2, 0.25) is 0 Å². The molecule has 1 heterocycles. The number of alkyl halides is 1. The standard InChI is InChI=1S/C14H21ClN2O/c1-10-6-5-9-16-12(10)13(18)17-11(7-8-15)14(2,3)4/h5-6,9,11H,7-8H2,1-4H3,(H,17,18). The predicted molar refractivity (Wildman–Crippen MR) is 75.0 cm³/mol. The van der Waals surface area contributed by atoms with Gasteiger partial charge in [-0.15, -0.1) is 11.6 Å². The third-order valence-corrected chi connectivity index (χ3v) is 3.19. The first-order chi connectivity index (χ1) is 8.36. The van der Waals surface area contributed by atoms with Gasteiger partial charge < -0.3 is 5.32 Å². The van der Waals surface area contributed by atoms with E-state index in [0.29, 0.717) is 11.6 Å². The van der Waals surface area contributed by atoms with Gasteiger partial charge in [0.25, 0.3) is 5.91 Å². The Bertz CT molecular complexity index is 413. The van der Waals surface area contributed by atoms with Gasteiger partial charge in [0.1, 0.15) is 5.69 Å². The smallest absolute Gasteiger partial charge is 0.270 e. The van der Waals surface area contributed by atoms with Crippen LogP contribution in [0.25, 0.3) is 0 Å². The summed E-state index contributed by atoms with van der Waals surface area (Å²) in [5, 5.41) is 3.03. The zero-order valence-electron chi connectivity index (χ0n) is 11.5. The van der Waals surface area contributed by atoms with Gasteiger partial charge in [0.05, 0.1) is 0 Å². The van der Waals surface area contributed by atoms with E-state index >= 15 is 0 Å². The van der Waals surface area contributed by atoms with Crippen molar-refractivity contribution in [3.05, 3.63) is 29.6 Å². The van der Waals surface area contributed by atoms with Crippen molar-refractivity contribution in [2.45, 2.75) is 40.2 Å². The summed E-state index contributed by atoms with van der Waals surface area (Å²) >= 11 is 5.80. The third kappa shape index (κ3) is 3.98. The molecule has 1 amide bonds. The molecule has 0 radical (unpaired) electrons. The first-order valence-electron chi connectivity index (χ1n) is 6.14. The fourth-order valence-electron chi connectivity index (χ4n) is 1.78. The quantitative estimate of drug-likeness (QED) is 0.853. The maximum Gasteiger partial charge on any atom is 0.270 e. The second kappa shape index (κ2) is 6.19. The van der Waals surface area contributed by atoms with E-state index in [1.165, 1.54) is 0 Å². The SMILES string of the molecule is Cc1cccnc1C(=O)NC(CCCl)C(C)(C)C. The number of nitrogens with one attached hydrogen (secondary N) is 1. The summed E-state index contributed by atoms with van der Waals surface area (Å²) < 4.78 is 0. The Morgan fingerprint density at radius 1 is 1.50 bits per heavy atom. The highest BCUT2D eigenvalue weighted by Crippen LogP contribution is 2.22. The van der Waals surface area contributed by atoms with Crippen LogP contribution >= 0.6 is 11.6 Å². The van der Waals surface area contributed by atoms with Crippen LogP contribution in [-0.2, 0) is 0 Å². The van der Waals surface area contributed by atoms with E-state index in [-0.39, 0.29) is 17.4 Å². The first kappa shape index (κ1) is 15.0. The van der Waals surface area contributed by atoms with Gasteiger partial charge in [-0.25, -0.2) is 0 Å². The number of aryl methyl sites for hydroxylation is 1. The molecule has 0 spiro atoms. The molecule has 3 nitrogen and oxygen atoms in total. The van der Waals surface area contributed by atoms with E-state index in [4.69, 9.17) is 11.6 Å². The monoisotopic (exact) mass is 268 g/mol. The zero-order valence-corrected chi connectivity index (χ0v) is 12.2. The molecule has 1 aromatic rings. The van der Waals surface area contributed by atoms with Crippen molar-refractivity contribution in [2.75, 3.05) is 5.88 Å². The van der Waals surface area contributed by atoms with E-state index < -0.39 is 0 Å². The number of hydrogen-bond acceptors (Lipinski definition) is 2. The number of hydrogen-bond donors (Lipinski definition) is 1. The molecule has 0 saturated carbocycles. The highest BCUT2D eigenvalue weighted by atomic mass is 35.5. The van der Waals surface area contributed by atoms with Crippen molar-refractivity contribution in [1.82, 2.24) is 10.3 Å². The molecule has 18 heavy (non-hydrogen) atoms. The van der Waals surface area contributed by atoms with Crippen LogP contribution in [0.3, 0.4) is 0 Å². The van der Waals surface area contributed by atoms with Crippen molar-refractivity contribution in [2.24, 2.45) is 5.41 Å². The van der Waals surface area contributed by atoms with Crippen molar-refractivity contribution in [1.29, 1.82) is 0 Å². The lowest BCUT2D eigenvalue weighted by Gasteiger charge is -2.31. The molecule has 4 heteroatoms. The van der Waals surface area contributed by atoms with Crippen molar-refractivity contribution in [3.63, 3.8) is 0 Å². The number of aromatic nitrogens is 1. The summed E-state index contributed by atoms with van der Waals surface area (Å²) in [7, 11) is 0. The maximum absolute atomic E-state index is 12.2. The molecular weight excluding hydrogens is 248 g/mol. The first-order valence-corrected chi connectivity index (χ1v) is 6.68. The van der Waals surface area contributed by atoms with Crippen LogP contribution < -0.4 is 5.32 Å². The molecule has 0 fully saturated rings. The molecule has 0 bridgehead atoms. The lowest BCUT2D eigenvalue weighted by Crippen LogP contribution is -2.44. The molecule has 100 valence electrons. The van der Waals surface area contributed by atoms with Gasteiger partial charge in [-0.05, 0) is 30.4 Å². The van der Waals surface area contributed by atoms with Crippen molar-refractivity contribution < 1.29 is 4.79 Å². The molecule has 1 unspecified atom stereocenters. The lowest BCUT2D eigenvalue weighted by atomic mass is 9.85. The van der Waals surface area contributed by atoms with Gasteiger partial charge in [-0.1, -0.05) is 26.8 Å². The number of amides is 1. The normalized spacial score (nSPS) is 13.2. The Morgan fingerprint density at radius 3 is 2.67 bits per heavy atom. The fraction of sp³-hybridized carbons (Fsp3) is 0.571. The molecule has 0 aromatic carbocycles. The van der Waals surface area contributed by atoms with Gasteiger partial charge in [-0.2, -0.15) is 0 Å². The summed E-state index contributed by atoms with van der Waals surface area (Å²) in [6.07, 6.45) is 2.39. The molecule has 0 aliphatic rings. The van der Waals surface area contributed by atoms with Crippen LogP contribution in [0, 0.1) is 12.3 Å². The van der Waals surface area contributed by atoms with E-state index in [1.807, 2.05) is 19.1 Å². The topological polar surface area (TPSA) is 42.0 Å². The van der Waals surface area contributed by atoms with E-state index in [0.717, 1.165) is 12.0 Å². The minimum Gasteiger partial charge on any atom is -0.347 e. The van der Waals surface area contributed by atoms with Gasteiger partial charge in [-0.3, -0.25) is 9.78 Å². The minimum atomic E-state index is -0.127. The molecule has 1 atom stereocenters. The van der Waals surface area contributed by atoms with E-state index in [1.54, 1.807) is 6.20 Å². The van der Waals surface area contributed by atoms with Crippen LogP contribution in [0.1, 0.15) is 43.2 Å². The fourth-order valence-corrected chi connectivity index (χ4v) is 2.00. The second-order valence-electron chi connectivity index (χ2n) is 5.54. The summed E-state index contributed by atoms with van der Waals surface area (Å²) in [5.41, 5.74) is 1.35. The number of carbonyl (C=O) groups excluding carboxylic acids is 1. The van der Waals surface area contributed by atoms with Crippen LogP contribution in [0.4, 0.5) is 0 Å². The maximum atomic E-state index is 12.2. The number of halogens is 1. The Hall–Kier alpha value is -1.09. The average molecular weight is 269 g/mol. The van der Waals surface area contributed by atoms with Crippen LogP contribution in [0.15, 0.2) is 18.3 Å². The van der Waals surface area contributed by atoms with Gasteiger partial charge >= 0.3 is 0 Å². The highest BCUT2D eigenvalue weighted by molar-refractivity contribution is 6.17. The van der Waals surface area contributed by atoms with E-state index in [2.05, 4.69) is 31.1 Å². The Morgan fingerprint density at radius 2 is 2.17 bits per heavy atom. The van der Waals surface area contributed by atoms with E-state index in [9.17, 15) is 4.79 Å². The third-order valence-electron chi connectivity index (χ3n) is 2.97. The highest BCUT2D eigenvalue weighted by Gasteiger charge is 2.26. The van der Waals surface area contributed by atoms with Gasteiger partial charge in [0, 0.05) is 18.1 Å². The molecule has 0 saturated heterocycles. The van der Waals surface area contributed by atoms with Crippen LogP contribution in [-0.4, -0.2) is 22.8 Å². The Balaban J connectivity index is 2.82. The summed E-state index contributed by atoms with van der Waals surface area (Å²) in [6, 6.07) is 3.76. The summed E-state index contributed by atoms with van der Waals surface area (Å²) in [5.74, 6) is 0.404.